The predicted molar refractivity (Wildman–Crippen MR) is 119 cm³/mol. The van der Waals surface area contributed by atoms with Crippen LogP contribution in [0, 0.1) is 16.0 Å². The highest BCUT2D eigenvalue weighted by Crippen LogP contribution is 2.49. The van der Waals surface area contributed by atoms with E-state index in [-0.39, 0.29) is 17.0 Å². The van der Waals surface area contributed by atoms with Crippen molar-refractivity contribution in [3.63, 3.8) is 0 Å². The Morgan fingerprint density at radius 2 is 1.64 bits per heavy atom. The lowest BCUT2D eigenvalue weighted by molar-refractivity contribution is -0.385. The molecule has 2 amide bonds. The van der Waals surface area contributed by atoms with Crippen LogP contribution in [0.5, 0.6) is 5.75 Å². The number of aromatic hydroxyl groups is 1. The Balaban J connectivity index is 1.61. The first-order valence-corrected chi connectivity index (χ1v) is 10.4. The number of hydrogen-bond donors (Lipinski definition) is 1. The Bertz CT molecular complexity index is 1270. The molecule has 0 spiro atoms. The first kappa shape index (κ1) is 20.9. The van der Waals surface area contributed by atoms with E-state index < -0.39 is 34.8 Å². The zero-order valence-electron chi connectivity index (χ0n) is 16.9. The van der Waals surface area contributed by atoms with Crippen LogP contribution in [0.25, 0.3) is 0 Å². The van der Waals surface area contributed by atoms with E-state index >= 15 is 0 Å². The first-order valence-electron chi connectivity index (χ1n) is 9.98. The molecule has 2 aliphatic rings. The number of rotatable bonds is 4. The van der Waals surface area contributed by atoms with Crippen LogP contribution in [0.2, 0.25) is 5.02 Å². The number of phenols is 1. The van der Waals surface area contributed by atoms with Crippen LogP contribution in [0.3, 0.4) is 0 Å². The lowest BCUT2D eigenvalue weighted by Gasteiger charge is -2.29. The molecule has 2 heterocycles. The summed E-state index contributed by atoms with van der Waals surface area (Å²) in [6, 6.07) is 17.8. The van der Waals surface area contributed by atoms with Gasteiger partial charge in [-0.25, -0.2) is 9.96 Å². The highest BCUT2D eigenvalue weighted by atomic mass is 35.5. The Labute approximate surface area is 192 Å². The number of fused-ring (bicyclic) bond motifs is 1. The summed E-state index contributed by atoms with van der Waals surface area (Å²) in [5.41, 5.74) is 0.851. The fourth-order valence-electron chi connectivity index (χ4n) is 4.27. The molecule has 0 bridgehead atoms. The van der Waals surface area contributed by atoms with Crippen molar-refractivity contribution in [2.45, 2.75) is 12.1 Å². The van der Waals surface area contributed by atoms with Crippen LogP contribution in [0.1, 0.15) is 11.6 Å². The quantitative estimate of drug-likeness (QED) is 0.352. The van der Waals surface area contributed by atoms with E-state index in [0.717, 1.165) is 11.0 Å². The molecule has 0 aromatic heterocycles. The van der Waals surface area contributed by atoms with Gasteiger partial charge in [0.1, 0.15) is 11.7 Å². The summed E-state index contributed by atoms with van der Waals surface area (Å²) in [5.74, 6) is -2.41. The number of carbonyl (C=O) groups excluding carboxylic acids is 2. The molecule has 5 rings (SSSR count). The predicted octanol–water partition coefficient (Wildman–Crippen LogP) is 4.00. The van der Waals surface area contributed by atoms with Gasteiger partial charge in [0.15, 0.2) is 6.10 Å². The van der Waals surface area contributed by atoms with E-state index in [9.17, 15) is 24.8 Å². The molecular weight excluding hydrogens is 450 g/mol. The molecule has 2 saturated heterocycles. The average Bonchev–Trinajstić information content (AvgIpc) is 3.31. The Morgan fingerprint density at radius 3 is 2.27 bits per heavy atom. The zero-order valence-corrected chi connectivity index (χ0v) is 17.6. The van der Waals surface area contributed by atoms with Crippen molar-refractivity contribution in [1.29, 1.82) is 0 Å². The number of halogens is 1. The van der Waals surface area contributed by atoms with E-state index in [1.807, 2.05) is 0 Å². The van der Waals surface area contributed by atoms with Crippen molar-refractivity contribution >= 4 is 40.5 Å². The number of hydroxylamine groups is 1. The van der Waals surface area contributed by atoms with Crippen LogP contribution >= 0.6 is 11.6 Å². The van der Waals surface area contributed by atoms with Crippen LogP contribution in [-0.4, -0.2) is 27.9 Å². The summed E-state index contributed by atoms with van der Waals surface area (Å²) in [5, 5.41) is 23.6. The number of nitro groups is 1. The number of benzene rings is 3. The van der Waals surface area contributed by atoms with Crippen molar-refractivity contribution < 1.29 is 24.5 Å². The van der Waals surface area contributed by atoms with Crippen LogP contribution in [0.4, 0.5) is 17.1 Å². The van der Waals surface area contributed by atoms with Gasteiger partial charge in [-0.1, -0.05) is 29.8 Å². The largest absolute Gasteiger partial charge is 0.507 e. The molecule has 1 N–H and O–H groups in total. The molecule has 0 unspecified atom stereocenters. The third-order valence-corrected chi connectivity index (χ3v) is 6.01. The maximum atomic E-state index is 13.5. The van der Waals surface area contributed by atoms with E-state index in [4.69, 9.17) is 16.4 Å². The second kappa shape index (κ2) is 7.88. The maximum absolute atomic E-state index is 13.5. The van der Waals surface area contributed by atoms with Gasteiger partial charge in [0, 0.05) is 16.7 Å². The highest BCUT2D eigenvalue weighted by molar-refractivity contribution is 6.31. The molecule has 10 heteroatoms. The number of nitrogens with zero attached hydrogens (tertiary/aromatic N) is 3. The SMILES string of the molecule is O=C1[C@@H]2[C@@H](c3ccc([N+](=O)[O-])cc3O)N(c3ccccc3)O[C@H]2C(=O)N1c1ccc(Cl)cc1. The molecule has 2 aliphatic heterocycles. The van der Waals surface area contributed by atoms with E-state index in [2.05, 4.69) is 0 Å². The molecule has 9 nitrogen and oxygen atoms in total. The molecule has 3 aromatic rings. The van der Waals surface area contributed by atoms with E-state index in [1.165, 1.54) is 17.2 Å². The van der Waals surface area contributed by atoms with Crippen LogP contribution in [-0.2, 0) is 14.4 Å². The first-order chi connectivity index (χ1) is 15.9. The van der Waals surface area contributed by atoms with E-state index in [1.54, 1.807) is 54.6 Å². The topological polar surface area (TPSA) is 113 Å². The summed E-state index contributed by atoms with van der Waals surface area (Å²) in [6.45, 7) is 0. The second-order valence-corrected chi connectivity index (χ2v) is 8.08. The van der Waals surface area contributed by atoms with E-state index in [0.29, 0.717) is 16.4 Å². The summed E-state index contributed by atoms with van der Waals surface area (Å²) in [6.07, 6.45) is -1.13. The van der Waals surface area contributed by atoms with Gasteiger partial charge in [0.25, 0.3) is 11.6 Å². The smallest absolute Gasteiger partial charge is 0.273 e. The molecule has 33 heavy (non-hydrogen) atoms. The number of phenolic OH excluding ortho intramolecular Hbond substituents is 1. The Morgan fingerprint density at radius 1 is 0.939 bits per heavy atom. The minimum Gasteiger partial charge on any atom is -0.507 e. The minimum atomic E-state index is -1.13. The normalized spacial score (nSPS) is 22.0. The lowest BCUT2D eigenvalue weighted by atomic mass is 9.90. The van der Waals surface area contributed by atoms with Crippen molar-refractivity contribution in [1.82, 2.24) is 0 Å². The van der Waals surface area contributed by atoms with Crippen molar-refractivity contribution in [3.05, 3.63) is 93.5 Å². The average molecular weight is 466 g/mol. The minimum absolute atomic E-state index is 0.232. The standard InChI is InChI=1S/C23H16ClN3O6/c24-13-6-8-14(9-7-13)25-22(29)19-20(17-11-10-16(27(31)32)12-18(17)28)26(33-21(19)23(25)30)15-4-2-1-3-5-15/h1-12,19-21,28H/t19-,20-,21-/m1/s1. The third-order valence-electron chi connectivity index (χ3n) is 5.75. The zero-order chi connectivity index (χ0) is 23.3. The molecule has 166 valence electrons. The molecular formula is C23H16ClN3O6. The summed E-state index contributed by atoms with van der Waals surface area (Å²) in [7, 11) is 0. The Kier molecular flexibility index (Phi) is 4.99. The molecule has 0 saturated carbocycles. The number of hydrogen-bond acceptors (Lipinski definition) is 7. The number of para-hydroxylation sites is 1. The number of nitro benzene ring substituents is 1. The van der Waals surface area contributed by atoms with Gasteiger partial charge in [0.2, 0.25) is 5.91 Å². The van der Waals surface area contributed by atoms with Crippen LogP contribution in [0.15, 0.2) is 72.8 Å². The van der Waals surface area contributed by atoms with Gasteiger partial charge < -0.3 is 5.11 Å². The van der Waals surface area contributed by atoms with Gasteiger partial charge in [0.05, 0.1) is 28.4 Å². The lowest BCUT2D eigenvalue weighted by Crippen LogP contribution is -2.37. The maximum Gasteiger partial charge on any atom is 0.273 e. The molecule has 3 atom stereocenters. The third kappa shape index (κ3) is 3.38. The van der Waals surface area contributed by atoms with Crippen LogP contribution < -0.4 is 9.96 Å². The Hall–Kier alpha value is -3.95. The number of imide groups is 1. The fraction of sp³-hybridized carbons (Fsp3) is 0.130. The van der Waals surface area contributed by atoms with Gasteiger partial charge >= 0.3 is 0 Å². The fourth-order valence-corrected chi connectivity index (χ4v) is 4.40. The number of non-ortho nitro benzene ring substituents is 1. The summed E-state index contributed by atoms with van der Waals surface area (Å²) >= 11 is 5.93. The molecule has 0 aliphatic carbocycles. The molecule has 0 radical (unpaired) electrons. The van der Waals surface area contributed by atoms with Crippen molar-refractivity contribution in [2.24, 2.45) is 5.92 Å². The van der Waals surface area contributed by atoms with Gasteiger partial charge in [-0.15, -0.1) is 0 Å². The summed E-state index contributed by atoms with van der Waals surface area (Å²) < 4.78 is 0. The summed E-state index contributed by atoms with van der Waals surface area (Å²) in [4.78, 5) is 44.3. The number of carbonyl (C=O) groups is 2. The van der Waals surface area contributed by atoms with Gasteiger partial charge in [-0.2, -0.15) is 0 Å². The van der Waals surface area contributed by atoms with Gasteiger partial charge in [-0.3, -0.25) is 24.5 Å². The molecule has 3 aromatic carbocycles. The van der Waals surface area contributed by atoms with Crippen molar-refractivity contribution in [3.8, 4) is 5.75 Å². The number of anilines is 2. The van der Waals surface area contributed by atoms with Crippen molar-refractivity contribution in [2.75, 3.05) is 9.96 Å². The second-order valence-electron chi connectivity index (χ2n) is 7.65. The molecule has 2 fully saturated rings. The number of amides is 2. The van der Waals surface area contributed by atoms with Gasteiger partial charge in [-0.05, 0) is 42.5 Å². The monoisotopic (exact) mass is 465 g/mol. The highest BCUT2D eigenvalue weighted by Gasteiger charge is 2.60.